The van der Waals surface area contributed by atoms with Gasteiger partial charge in [0, 0.05) is 17.0 Å². The average molecular weight is 1440 g/mol. The standard InChI is InChI=1S/C40H56O2.C40H56.C20H28O4/c1-29(17-13-19-31(3)21-23-37-33(5)25-35(41)27-39(37,7)8)15-11-12-16-30(2)18-14-20-32(4)22-24-38-34(6)26-36(42)28-40(38,9)10;1-33(2)19-13-23-37(7)27-17-31-39(9)29-15-25-35(5)21-11-12-22-36(6)26-16-30-40(10)32-18-28-38(8)24-14-20-34(3)4;1-11(2)13-10-12-6-7-14-19(3,4)8-5-9-20(14,18(23)24)15(12)17(22)16(13)21/h11-25,35-37,41-42H,26-28H2,1-10H3;11-12,15-22,25-32H,13-14,23-24H2,1-10H3;10-11,14,21-22H,5-9H2,1-4H3,(H,23,24)/b12-11+,17-13+,18-14+,23-21+,24-22+,29-15+,30-16+,31-19+,32-20+;12-11+,25-15+,26-16+,31-17+,32-18+,35-21+,36-22+,37-27+,38-28+,39-29+,40-30+;/t35-,36+,37-;;14-,20+/m0.0/s1. The Kier molecular flexibility index (Phi) is 39.6. The van der Waals surface area contributed by atoms with Crippen LogP contribution in [0.25, 0.3) is 0 Å². The van der Waals surface area contributed by atoms with E-state index in [1.807, 2.05) is 26.0 Å². The average Bonchev–Trinajstić information content (AvgIpc) is 0.708. The zero-order valence-corrected chi connectivity index (χ0v) is 70.1. The van der Waals surface area contributed by atoms with Gasteiger partial charge in [-0.15, -0.1) is 0 Å². The lowest BCUT2D eigenvalue weighted by Gasteiger charge is -2.53. The molecule has 1 saturated carbocycles. The number of phenols is 2. The van der Waals surface area contributed by atoms with E-state index in [1.54, 1.807) is 0 Å². The lowest BCUT2D eigenvalue weighted by atomic mass is 9.49. The van der Waals surface area contributed by atoms with E-state index in [0.29, 0.717) is 23.5 Å². The van der Waals surface area contributed by atoms with E-state index in [9.17, 15) is 30.3 Å². The molecule has 6 heteroatoms. The first-order chi connectivity index (χ1) is 49.7. The minimum absolute atomic E-state index is 0.00528. The van der Waals surface area contributed by atoms with E-state index in [4.69, 9.17) is 0 Å². The second-order valence-electron chi connectivity index (χ2n) is 33.4. The van der Waals surface area contributed by atoms with Crippen LogP contribution in [0.2, 0.25) is 0 Å². The minimum atomic E-state index is -1.09. The molecule has 5 atom stereocenters. The normalized spacial score (nSPS) is 22.6. The van der Waals surface area contributed by atoms with Gasteiger partial charge in [-0.25, -0.2) is 0 Å². The molecule has 0 aromatic heterocycles. The van der Waals surface area contributed by atoms with Crippen LogP contribution in [-0.4, -0.2) is 43.7 Å². The molecule has 106 heavy (non-hydrogen) atoms. The Morgan fingerprint density at radius 1 is 0.519 bits per heavy atom. The van der Waals surface area contributed by atoms with E-state index in [0.717, 1.165) is 76.2 Å². The van der Waals surface area contributed by atoms with Gasteiger partial charge in [-0.2, -0.15) is 0 Å². The molecule has 6 nitrogen and oxygen atoms in total. The number of aliphatic hydroxyl groups is 2. The summed E-state index contributed by atoms with van der Waals surface area (Å²) in [5.41, 5.74) is 20.1. The molecule has 0 saturated heterocycles. The number of hydrogen-bond acceptors (Lipinski definition) is 5. The summed E-state index contributed by atoms with van der Waals surface area (Å²) in [6, 6.07) is 1.91. The number of aromatic hydroxyl groups is 2. The quantitative estimate of drug-likeness (QED) is 0.0324. The van der Waals surface area contributed by atoms with Gasteiger partial charge < -0.3 is 25.5 Å². The smallest absolute Gasteiger partial charge is 0.314 e. The number of carboxylic acids is 1. The van der Waals surface area contributed by atoms with Crippen LogP contribution in [-0.2, 0) is 16.6 Å². The summed E-state index contributed by atoms with van der Waals surface area (Å²) < 4.78 is 0. The highest BCUT2D eigenvalue weighted by Gasteiger charge is 2.59. The lowest BCUT2D eigenvalue weighted by molar-refractivity contribution is -0.152. The number of carbonyl (C=O) groups is 1. The Bertz CT molecular complexity index is 3800. The van der Waals surface area contributed by atoms with Crippen molar-refractivity contribution in [1.29, 1.82) is 0 Å². The van der Waals surface area contributed by atoms with Gasteiger partial charge in [0.15, 0.2) is 11.5 Å². The van der Waals surface area contributed by atoms with Gasteiger partial charge in [0.2, 0.25) is 0 Å². The van der Waals surface area contributed by atoms with Crippen molar-refractivity contribution >= 4 is 5.97 Å². The van der Waals surface area contributed by atoms with Crippen LogP contribution >= 0.6 is 0 Å². The zero-order chi connectivity index (χ0) is 79.5. The second-order valence-corrected chi connectivity index (χ2v) is 33.4. The van der Waals surface area contributed by atoms with Crippen LogP contribution in [0.3, 0.4) is 0 Å². The van der Waals surface area contributed by atoms with Crippen molar-refractivity contribution in [1.82, 2.24) is 0 Å². The van der Waals surface area contributed by atoms with E-state index < -0.39 is 11.4 Å². The van der Waals surface area contributed by atoms with Gasteiger partial charge in [0.25, 0.3) is 0 Å². The summed E-state index contributed by atoms with van der Waals surface area (Å²) in [4.78, 5) is 12.5. The van der Waals surface area contributed by atoms with Gasteiger partial charge in [0.1, 0.15) is 0 Å². The Labute approximate surface area is 645 Å². The first-order valence-corrected chi connectivity index (χ1v) is 39.0. The van der Waals surface area contributed by atoms with Crippen molar-refractivity contribution in [3.63, 3.8) is 0 Å². The molecule has 1 aromatic carbocycles. The van der Waals surface area contributed by atoms with Crippen molar-refractivity contribution in [3.05, 3.63) is 307 Å². The van der Waals surface area contributed by atoms with Crippen molar-refractivity contribution < 1.29 is 30.3 Å². The zero-order valence-electron chi connectivity index (χ0n) is 70.1. The molecule has 0 radical (unpaired) electrons. The number of allylic oxidation sites excluding steroid dienone is 46. The van der Waals surface area contributed by atoms with Crippen LogP contribution < -0.4 is 0 Å². The minimum Gasteiger partial charge on any atom is -0.504 e. The van der Waals surface area contributed by atoms with E-state index in [2.05, 4.69) is 347 Å². The van der Waals surface area contributed by atoms with E-state index >= 15 is 0 Å². The molecule has 4 aliphatic carbocycles. The number of carboxylic acid groups (broad SMARTS) is 1. The molecule has 1 fully saturated rings. The molecular formula is C100H140O6. The monoisotopic (exact) mass is 1440 g/mol. The fourth-order valence-electron chi connectivity index (χ4n) is 14.9. The highest BCUT2D eigenvalue weighted by molar-refractivity contribution is 5.85. The maximum atomic E-state index is 12.5. The first kappa shape index (κ1) is 92.2. The Hall–Kier alpha value is -8.03. The molecule has 5 N–H and O–H groups in total. The Balaban J connectivity index is 0.000000427. The number of hydrogen-bond donors (Lipinski definition) is 5. The fourth-order valence-corrected chi connectivity index (χ4v) is 14.9. The third-order valence-electron chi connectivity index (χ3n) is 20.7. The molecule has 4 aliphatic rings. The molecule has 576 valence electrons. The summed E-state index contributed by atoms with van der Waals surface area (Å²) >= 11 is 0. The maximum absolute atomic E-state index is 12.5. The van der Waals surface area contributed by atoms with Gasteiger partial charge in [-0.05, 0) is 221 Å². The van der Waals surface area contributed by atoms with Gasteiger partial charge in [-0.3, -0.25) is 4.79 Å². The van der Waals surface area contributed by atoms with E-state index in [-0.39, 0.29) is 51.8 Å². The van der Waals surface area contributed by atoms with Crippen molar-refractivity contribution in [2.45, 2.75) is 267 Å². The molecule has 5 rings (SSSR count). The topological polar surface area (TPSA) is 118 Å². The highest BCUT2D eigenvalue weighted by Crippen LogP contribution is 2.61. The number of phenolic OH excluding ortho intramolecular Hbond substituents is 2. The van der Waals surface area contributed by atoms with E-state index in [1.165, 1.54) is 83.6 Å². The predicted molar refractivity (Wildman–Crippen MR) is 462 cm³/mol. The van der Waals surface area contributed by atoms with Crippen LogP contribution in [0.4, 0.5) is 0 Å². The molecule has 0 spiro atoms. The number of aryl methyl sites for hydroxylation is 1. The third-order valence-corrected chi connectivity index (χ3v) is 20.7. The van der Waals surface area contributed by atoms with Crippen LogP contribution in [0.1, 0.15) is 259 Å². The van der Waals surface area contributed by atoms with Crippen LogP contribution in [0.15, 0.2) is 290 Å². The Morgan fingerprint density at radius 3 is 1.32 bits per heavy atom. The van der Waals surface area contributed by atoms with Gasteiger partial charge >= 0.3 is 5.97 Å². The predicted octanol–water partition coefficient (Wildman–Crippen LogP) is 27.7. The first-order valence-electron chi connectivity index (χ1n) is 39.0. The molecule has 0 unspecified atom stereocenters. The second kappa shape index (κ2) is 45.6. The van der Waals surface area contributed by atoms with Crippen molar-refractivity contribution in [2.75, 3.05) is 0 Å². The largest absolute Gasteiger partial charge is 0.504 e. The molecule has 0 amide bonds. The SMILES string of the molecule is CC(C)=CCC/C(C)=C/C=C/C(C)=C/C=C/C(C)=C/C=C/C=C(C)/C=C/C=C(C)/C=C/C=C(\C)CCC=C(C)C.CC(C)c1cc2c(c(O)c1O)[C@@]1(C(=O)O)CCCC(C)(C)[C@@H]1CC2.CC1=C[C@H](O)CC(C)(C)[C@H]1/C=C/C(C)=C/C=C/C(C)=C/C=C/C=C(C)/C=C/C=C(C)/C=C/C1=C(C)C[C@@H](O)CC1(C)C. The van der Waals surface area contributed by atoms with Crippen molar-refractivity contribution in [2.24, 2.45) is 28.1 Å². The molecular weight excluding hydrogens is 1300 g/mol. The summed E-state index contributed by atoms with van der Waals surface area (Å²) in [6.07, 6.45) is 81.0. The Morgan fingerprint density at radius 2 is 0.925 bits per heavy atom. The van der Waals surface area contributed by atoms with Gasteiger partial charge in [0.05, 0.1) is 17.6 Å². The van der Waals surface area contributed by atoms with Crippen LogP contribution in [0.5, 0.6) is 11.5 Å². The number of benzene rings is 1. The lowest BCUT2D eigenvalue weighted by Crippen LogP contribution is -2.54. The number of rotatable bonds is 28. The molecule has 0 heterocycles. The highest BCUT2D eigenvalue weighted by atomic mass is 16.4. The van der Waals surface area contributed by atoms with Crippen molar-refractivity contribution in [3.8, 4) is 11.5 Å². The summed E-state index contributed by atoms with van der Waals surface area (Å²) in [5, 5.41) is 51.7. The molecule has 0 bridgehead atoms. The summed E-state index contributed by atoms with van der Waals surface area (Å²) in [6.45, 7) is 51.3. The summed E-state index contributed by atoms with van der Waals surface area (Å²) in [7, 11) is 0. The maximum Gasteiger partial charge on any atom is 0.314 e. The summed E-state index contributed by atoms with van der Waals surface area (Å²) in [5.74, 6) is -0.829. The molecule has 1 aromatic rings. The molecule has 0 aliphatic heterocycles. The third kappa shape index (κ3) is 32.6. The number of fused-ring (bicyclic) bond motifs is 3. The van der Waals surface area contributed by atoms with Gasteiger partial charge in [-0.1, -0.05) is 346 Å². The number of aliphatic hydroxyl groups excluding tert-OH is 2. The van der Waals surface area contributed by atoms with Crippen LogP contribution in [0, 0.1) is 28.1 Å². The fraction of sp³-hybridized carbons (Fsp3) is 0.450. The number of aliphatic carboxylic acids is 1.